The van der Waals surface area contributed by atoms with Crippen LogP contribution in [-0.4, -0.2) is 41.2 Å². The van der Waals surface area contributed by atoms with Crippen molar-refractivity contribution < 1.29 is 9.59 Å². The minimum absolute atomic E-state index is 0.00680. The maximum Gasteiger partial charge on any atom is 0.254 e. The second-order valence-corrected chi connectivity index (χ2v) is 12.2. The maximum absolute atomic E-state index is 13.8. The van der Waals surface area contributed by atoms with E-state index in [1.54, 1.807) is 34.4 Å². The first-order chi connectivity index (χ1) is 17.1. The van der Waals surface area contributed by atoms with Gasteiger partial charge >= 0.3 is 0 Å². The van der Waals surface area contributed by atoms with Crippen molar-refractivity contribution in [1.82, 2.24) is 9.80 Å². The molecular weight excluding hydrogens is 511 g/mol. The molecule has 0 saturated heterocycles. The van der Waals surface area contributed by atoms with Gasteiger partial charge in [-0.15, -0.1) is 11.3 Å². The summed E-state index contributed by atoms with van der Waals surface area (Å²) < 4.78 is 0. The average molecular weight is 544 g/mol. The molecule has 36 heavy (non-hydrogen) atoms. The monoisotopic (exact) mass is 542 g/mol. The number of carbonyl (C=O) groups is 2. The second-order valence-electron chi connectivity index (χ2n) is 10.3. The van der Waals surface area contributed by atoms with E-state index in [-0.39, 0.29) is 29.8 Å². The molecule has 1 atom stereocenters. The molecule has 4 nitrogen and oxygen atoms in total. The van der Waals surface area contributed by atoms with Gasteiger partial charge in [-0.2, -0.15) is 0 Å². The lowest BCUT2D eigenvalue weighted by molar-refractivity contribution is -0.134. The molecule has 2 aromatic carbocycles. The molecule has 1 aliphatic rings. The largest absolute Gasteiger partial charge is 0.330 e. The van der Waals surface area contributed by atoms with Crippen molar-refractivity contribution in [1.29, 1.82) is 0 Å². The van der Waals surface area contributed by atoms with Crippen molar-refractivity contribution in [3.63, 3.8) is 0 Å². The number of nitrogens with zero attached hydrogens (tertiary/aromatic N) is 2. The Balaban J connectivity index is 1.62. The van der Waals surface area contributed by atoms with Gasteiger partial charge in [0.25, 0.3) is 5.91 Å². The molecule has 0 fully saturated rings. The van der Waals surface area contributed by atoms with Crippen LogP contribution in [0.1, 0.15) is 72.1 Å². The third kappa shape index (κ3) is 5.80. The number of rotatable bonds is 6. The van der Waals surface area contributed by atoms with Crippen molar-refractivity contribution in [2.24, 2.45) is 0 Å². The van der Waals surface area contributed by atoms with E-state index in [1.165, 1.54) is 16.0 Å². The van der Waals surface area contributed by atoms with E-state index in [9.17, 15) is 9.59 Å². The van der Waals surface area contributed by atoms with E-state index >= 15 is 0 Å². The summed E-state index contributed by atoms with van der Waals surface area (Å²) >= 11 is 14.0. The number of benzene rings is 2. The zero-order valence-corrected chi connectivity index (χ0v) is 23.5. The molecule has 2 amide bonds. The Kier molecular flexibility index (Phi) is 8.13. The molecule has 0 saturated carbocycles. The molecule has 0 N–H and O–H groups in total. The Morgan fingerprint density at radius 1 is 1.06 bits per heavy atom. The smallest absolute Gasteiger partial charge is 0.254 e. The van der Waals surface area contributed by atoms with Gasteiger partial charge in [-0.25, -0.2) is 0 Å². The summed E-state index contributed by atoms with van der Waals surface area (Å²) in [6.07, 6.45) is 1.56. The Bertz CT molecular complexity index is 1230. The summed E-state index contributed by atoms with van der Waals surface area (Å²) in [7, 11) is 0. The molecule has 7 heteroatoms. The summed E-state index contributed by atoms with van der Waals surface area (Å²) in [6.45, 7) is 9.68. The van der Waals surface area contributed by atoms with Crippen molar-refractivity contribution in [2.75, 3.05) is 19.6 Å². The van der Waals surface area contributed by atoms with Crippen molar-refractivity contribution in [2.45, 2.75) is 52.0 Å². The molecule has 0 radical (unpaired) electrons. The summed E-state index contributed by atoms with van der Waals surface area (Å²) in [6, 6.07) is 15.4. The number of halogens is 2. The zero-order valence-electron chi connectivity index (χ0n) is 21.2. The standard InChI is InChI=1S/C29H32Cl2N2O2S/c1-5-12-32(28(35)20-15-22(30)17-23(31)16-20)18-26(34)33-13-10-25-24(11-14-36-25)27(33)19-6-8-21(9-7-19)29(2,3)4/h6-9,11,14-17,27H,5,10,12-13,18H2,1-4H3. The topological polar surface area (TPSA) is 40.6 Å². The van der Waals surface area contributed by atoms with Crippen LogP contribution in [0.4, 0.5) is 0 Å². The first-order valence-corrected chi connectivity index (χ1v) is 13.9. The Hall–Kier alpha value is -2.34. The third-order valence-corrected chi connectivity index (χ3v) is 8.03. The van der Waals surface area contributed by atoms with Crippen LogP contribution in [0.3, 0.4) is 0 Å². The second kappa shape index (κ2) is 11.0. The fourth-order valence-corrected chi connectivity index (χ4v) is 6.18. The van der Waals surface area contributed by atoms with Gasteiger partial charge in [-0.05, 0) is 64.6 Å². The quantitative estimate of drug-likeness (QED) is 0.326. The summed E-state index contributed by atoms with van der Waals surface area (Å²) in [5.74, 6) is -0.305. The van der Waals surface area contributed by atoms with Crippen LogP contribution in [-0.2, 0) is 16.6 Å². The number of fused-ring (bicyclic) bond motifs is 1. The van der Waals surface area contributed by atoms with Gasteiger partial charge in [-0.3, -0.25) is 9.59 Å². The van der Waals surface area contributed by atoms with E-state index in [1.807, 2.05) is 11.8 Å². The van der Waals surface area contributed by atoms with Gasteiger partial charge in [0, 0.05) is 33.6 Å². The van der Waals surface area contributed by atoms with Crippen molar-refractivity contribution in [3.05, 3.63) is 91.1 Å². The van der Waals surface area contributed by atoms with Gasteiger partial charge in [0.05, 0.1) is 6.04 Å². The highest BCUT2D eigenvalue weighted by Gasteiger charge is 2.34. The summed E-state index contributed by atoms with van der Waals surface area (Å²) in [5.41, 5.74) is 3.97. The molecule has 4 rings (SSSR count). The summed E-state index contributed by atoms with van der Waals surface area (Å²) in [5, 5.41) is 2.90. The molecule has 1 aromatic heterocycles. The van der Waals surface area contributed by atoms with Gasteiger partial charge in [-0.1, -0.05) is 75.2 Å². The van der Waals surface area contributed by atoms with Crippen LogP contribution in [0.25, 0.3) is 0 Å². The number of amides is 2. The lowest BCUT2D eigenvalue weighted by Gasteiger charge is -2.38. The van der Waals surface area contributed by atoms with E-state index < -0.39 is 0 Å². The fraction of sp³-hybridized carbons (Fsp3) is 0.379. The van der Waals surface area contributed by atoms with Crippen molar-refractivity contribution >= 4 is 46.4 Å². The highest BCUT2D eigenvalue weighted by molar-refractivity contribution is 7.10. The predicted molar refractivity (Wildman–Crippen MR) is 149 cm³/mol. The van der Waals surface area contributed by atoms with Crippen LogP contribution in [0.15, 0.2) is 53.9 Å². The first kappa shape index (κ1) is 26.7. The Labute approximate surface area is 227 Å². The van der Waals surface area contributed by atoms with Crippen LogP contribution in [0.2, 0.25) is 10.0 Å². The van der Waals surface area contributed by atoms with Crippen LogP contribution in [0, 0.1) is 0 Å². The molecule has 190 valence electrons. The molecule has 2 heterocycles. The molecule has 3 aromatic rings. The third-order valence-electron chi connectivity index (χ3n) is 6.60. The molecule has 1 aliphatic heterocycles. The average Bonchev–Trinajstić information content (AvgIpc) is 3.30. The maximum atomic E-state index is 13.8. The van der Waals surface area contributed by atoms with Gasteiger partial charge in [0.15, 0.2) is 0 Å². The predicted octanol–water partition coefficient (Wildman–Crippen LogP) is 7.38. The molecule has 0 spiro atoms. The number of carbonyl (C=O) groups excluding carboxylic acids is 2. The molecule has 0 aliphatic carbocycles. The SMILES string of the molecule is CCCN(CC(=O)N1CCc2sccc2C1c1ccc(C(C)(C)C)cc1)C(=O)c1cc(Cl)cc(Cl)c1. The molecule has 0 bridgehead atoms. The summed E-state index contributed by atoms with van der Waals surface area (Å²) in [4.78, 5) is 32.0. The number of hydrogen-bond donors (Lipinski definition) is 0. The van der Waals surface area contributed by atoms with Gasteiger partial charge < -0.3 is 9.80 Å². The first-order valence-electron chi connectivity index (χ1n) is 12.3. The van der Waals surface area contributed by atoms with Crippen LogP contribution in [0.5, 0.6) is 0 Å². The van der Waals surface area contributed by atoms with E-state index in [2.05, 4.69) is 56.5 Å². The molecular formula is C29H32Cl2N2O2S. The van der Waals surface area contributed by atoms with Crippen molar-refractivity contribution in [3.8, 4) is 0 Å². The lowest BCUT2D eigenvalue weighted by atomic mass is 9.85. The highest BCUT2D eigenvalue weighted by atomic mass is 35.5. The number of thiophene rings is 1. The van der Waals surface area contributed by atoms with E-state index in [4.69, 9.17) is 23.2 Å². The fourth-order valence-electron chi connectivity index (χ4n) is 4.75. The zero-order chi connectivity index (χ0) is 26.0. The highest BCUT2D eigenvalue weighted by Crippen LogP contribution is 2.38. The van der Waals surface area contributed by atoms with Gasteiger partial charge in [0.2, 0.25) is 5.91 Å². The Morgan fingerprint density at radius 3 is 2.33 bits per heavy atom. The van der Waals surface area contributed by atoms with Crippen LogP contribution < -0.4 is 0 Å². The minimum atomic E-state index is -0.242. The van der Waals surface area contributed by atoms with Crippen LogP contribution >= 0.6 is 34.5 Å². The number of hydrogen-bond acceptors (Lipinski definition) is 3. The Morgan fingerprint density at radius 2 is 1.72 bits per heavy atom. The molecule has 1 unspecified atom stereocenters. The van der Waals surface area contributed by atoms with E-state index in [0.29, 0.717) is 28.7 Å². The normalized spacial score (nSPS) is 15.5. The minimum Gasteiger partial charge on any atom is -0.330 e. The van der Waals surface area contributed by atoms with E-state index in [0.717, 1.165) is 18.4 Å². The lowest BCUT2D eigenvalue weighted by Crippen LogP contribution is -2.47. The van der Waals surface area contributed by atoms with Gasteiger partial charge in [0.1, 0.15) is 6.54 Å².